The molecular weight excluding hydrogens is 279 g/mol. The van der Waals surface area contributed by atoms with E-state index in [1.807, 2.05) is 0 Å². The van der Waals surface area contributed by atoms with E-state index >= 15 is 0 Å². The number of nitrogens with one attached hydrogen (secondary N) is 1. The van der Waals surface area contributed by atoms with Crippen molar-refractivity contribution in [1.82, 2.24) is 10.2 Å². The average Bonchev–Trinajstić information content (AvgIpc) is 3.25. The van der Waals surface area contributed by atoms with Gasteiger partial charge in [0.2, 0.25) is 5.91 Å². The van der Waals surface area contributed by atoms with Crippen LogP contribution in [0.5, 0.6) is 0 Å². The quantitative estimate of drug-likeness (QED) is 0.927. The first-order valence-corrected chi connectivity index (χ1v) is 8.22. The van der Waals surface area contributed by atoms with E-state index in [0.29, 0.717) is 5.92 Å². The summed E-state index contributed by atoms with van der Waals surface area (Å²) in [5.41, 5.74) is 0.798. The van der Waals surface area contributed by atoms with Crippen LogP contribution in [0.15, 0.2) is 24.3 Å². The first-order valence-electron chi connectivity index (χ1n) is 8.22. The van der Waals surface area contributed by atoms with Gasteiger partial charge in [-0.05, 0) is 62.9 Å². The van der Waals surface area contributed by atoms with E-state index in [-0.39, 0.29) is 23.2 Å². The molecule has 2 unspecified atom stereocenters. The lowest BCUT2D eigenvalue weighted by molar-refractivity contribution is -0.127. The van der Waals surface area contributed by atoms with Crippen LogP contribution in [0.25, 0.3) is 0 Å². The minimum Gasteiger partial charge on any atom is -0.353 e. The minimum absolute atomic E-state index is 0.193. The molecule has 120 valence electrons. The zero-order valence-corrected chi connectivity index (χ0v) is 13.4. The monoisotopic (exact) mass is 304 g/mol. The molecule has 0 bridgehead atoms. The van der Waals surface area contributed by atoms with Gasteiger partial charge >= 0.3 is 0 Å². The van der Waals surface area contributed by atoms with Gasteiger partial charge in [-0.25, -0.2) is 4.39 Å². The van der Waals surface area contributed by atoms with E-state index in [0.717, 1.165) is 44.3 Å². The fourth-order valence-corrected chi connectivity index (χ4v) is 3.52. The highest BCUT2D eigenvalue weighted by molar-refractivity contribution is 5.85. The van der Waals surface area contributed by atoms with Gasteiger partial charge in [0.25, 0.3) is 0 Å². The van der Waals surface area contributed by atoms with E-state index in [2.05, 4.69) is 24.2 Å². The van der Waals surface area contributed by atoms with E-state index in [9.17, 15) is 9.18 Å². The molecule has 1 amide bonds. The highest BCUT2D eigenvalue weighted by atomic mass is 19.1. The van der Waals surface area contributed by atoms with Crippen molar-refractivity contribution in [3.8, 4) is 0 Å². The third-order valence-corrected chi connectivity index (χ3v) is 5.22. The first kappa shape index (κ1) is 15.5. The second-order valence-electron chi connectivity index (χ2n) is 7.19. The van der Waals surface area contributed by atoms with Crippen LogP contribution in [0.4, 0.5) is 4.39 Å². The molecule has 0 aromatic heterocycles. The number of halogens is 1. The molecule has 1 saturated carbocycles. The number of hydrogen-bond donors (Lipinski definition) is 1. The van der Waals surface area contributed by atoms with E-state index in [1.165, 1.54) is 12.1 Å². The molecule has 4 heteroatoms. The molecule has 1 N–H and O–H groups in total. The van der Waals surface area contributed by atoms with Gasteiger partial charge in [-0.1, -0.05) is 19.1 Å². The maximum atomic E-state index is 13.0. The largest absolute Gasteiger partial charge is 0.353 e. The second-order valence-corrected chi connectivity index (χ2v) is 7.19. The van der Waals surface area contributed by atoms with Crippen molar-refractivity contribution in [2.45, 2.75) is 38.6 Å². The van der Waals surface area contributed by atoms with E-state index < -0.39 is 0 Å². The minimum atomic E-state index is -0.249. The Balaban J connectivity index is 1.60. The summed E-state index contributed by atoms with van der Waals surface area (Å²) in [7, 11) is 2.13. The highest BCUT2D eigenvalue weighted by Gasteiger charge is 2.50. The number of likely N-dealkylation sites (tertiary alicyclic amines) is 1. The van der Waals surface area contributed by atoms with Gasteiger partial charge in [0.1, 0.15) is 5.82 Å². The fourth-order valence-electron chi connectivity index (χ4n) is 3.52. The van der Waals surface area contributed by atoms with Crippen molar-refractivity contribution in [2.75, 3.05) is 20.1 Å². The molecule has 1 saturated heterocycles. The number of amides is 1. The molecule has 1 aliphatic heterocycles. The van der Waals surface area contributed by atoms with Gasteiger partial charge in [-0.15, -0.1) is 0 Å². The van der Waals surface area contributed by atoms with Gasteiger partial charge in [-0.3, -0.25) is 4.79 Å². The number of carbonyl (C=O) groups is 1. The smallest absolute Gasteiger partial charge is 0.226 e. The lowest BCUT2D eigenvalue weighted by Crippen LogP contribution is -2.50. The number of piperidine rings is 1. The molecule has 3 rings (SSSR count). The summed E-state index contributed by atoms with van der Waals surface area (Å²) >= 11 is 0. The van der Waals surface area contributed by atoms with Crippen molar-refractivity contribution in [2.24, 2.45) is 11.3 Å². The predicted molar refractivity (Wildman–Crippen MR) is 85.0 cm³/mol. The van der Waals surface area contributed by atoms with Gasteiger partial charge in [0, 0.05) is 12.6 Å². The van der Waals surface area contributed by atoms with Crippen LogP contribution in [0.2, 0.25) is 0 Å². The Labute approximate surface area is 131 Å². The fraction of sp³-hybridized carbons (Fsp3) is 0.611. The maximum absolute atomic E-state index is 13.0. The first-order chi connectivity index (χ1) is 10.5. The standard InChI is InChI=1S/C18H25FN2O/c1-13-12-21(2)10-7-16(13)20-17(22)18(8-9-18)11-14-3-5-15(19)6-4-14/h3-6,13,16H,7-12H2,1-2H3,(H,20,22). The van der Waals surface area contributed by atoms with Crippen LogP contribution < -0.4 is 5.32 Å². The molecule has 1 aromatic carbocycles. The number of nitrogens with zero attached hydrogens (tertiary/aromatic N) is 1. The number of benzene rings is 1. The Bertz CT molecular complexity index is 539. The second kappa shape index (κ2) is 5.99. The van der Waals surface area contributed by atoms with E-state index in [1.54, 1.807) is 12.1 Å². The predicted octanol–water partition coefficient (Wildman–Crippen LogP) is 2.60. The normalized spacial score (nSPS) is 27.4. The highest BCUT2D eigenvalue weighted by Crippen LogP contribution is 2.48. The van der Waals surface area contributed by atoms with Crippen LogP contribution in [-0.4, -0.2) is 37.0 Å². The Morgan fingerprint density at radius 3 is 2.64 bits per heavy atom. The SMILES string of the molecule is CC1CN(C)CCC1NC(=O)C1(Cc2ccc(F)cc2)CC1. The molecule has 1 heterocycles. The van der Waals surface area contributed by atoms with Crippen molar-refractivity contribution < 1.29 is 9.18 Å². The molecule has 1 aliphatic carbocycles. The molecule has 2 fully saturated rings. The molecule has 22 heavy (non-hydrogen) atoms. The average molecular weight is 304 g/mol. The number of hydrogen-bond acceptors (Lipinski definition) is 2. The lowest BCUT2D eigenvalue weighted by Gasteiger charge is -2.36. The third kappa shape index (κ3) is 3.32. The topological polar surface area (TPSA) is 32.3 Å². The molecule has 1 aromatic rings. The van der Waals surface area contributed by atoms with Gasteiger partial charge in [0.15, 0.2) is 0 Å². The van der Waals surface area contributed by atoms with Crippen molar-refractivity contribution in [1.29, 1.82) is 0 Å². The van der Waals surface area contributed by atoms with Crippen LogP contribution in [0.3, 0.4) is 0 Å². The Hall–Kier alpha value is -1.42. The summed E-state index contributed by atoms with van der Waals surface area (Å²) in [6.45, 7) is 4.29. The van der Waals surface area contributed by atoms with Crippen molar-refractivity contribution >= 4 is 5.91 Å². The van der Waals surface area contributed by atoms with Crippen molar-refractivity contribution in [3.63, 3.8) is 0 Å². The van der Waals surface area contributed by atoms with Crippen LogP contribution >= 0.6 is 0 Å². The lowest BCUT2D eigenvalue weighted by atomic mass is 9.91. The maximum Gasteiger partial charge on any atom is 0.226 e. The van der Waals surface area contributed by atoms with E-state index in [4.69, 9.17) is 0 Å². The third-order valence-electron chi connectivity index (χ3n) is 5.22. The van der Waals surface area contributed by atoms with Crippen molar-refractivity contribution in [3.05, 3.63) is 35.6 Å². The molecule has 0 spiro atoms. The summed E-state index contributed by atoms with van der Waals surface area (Å²) in [6, 6.07) is 6.82. The zero-order chi connectivity index (χ0) is 15.7. The van der Waals surface area contributed by atoms with Crippen LogP contribution in [0, 0.1) is 17.2 Å². The molecule has 2 aliphatic rings. The summed E-state index contributed by atoms with van der Waals surface area (Å²) in [6.07, 6.45) is 3.63. The van der Waals surface area contributed by atoms with Crippen LogP contribution in [-0.2, 0) is 11.2 Å². The molecule has 2 atom stereocenters. The zero-order valence-electron chi connectivity index (χ0n) is 13.4. The van der Waals surface area contributed by atoms with Crippen LogP contribution in [0.1, 0.15) is 31.7 Å². The van der Waals surface area contributed by atoms with Gasteiger partial charge in [-0.2, -0.15) is 0 Å². The summed E-state index contributed by atoms with van der Waals surface area (Å²) in [4.78, 5) is 15.0. The number of rotatable bonds is 4. The Kier molecular flexibility index (Phi) is 4.22. The summed E-state index contributed by atoms with van der Waals surface area (Å²) < 4.78 is 13.0. The Morgan fingerprint density at radius 1 is 1.36 bits per heavy atom. The summed E-state index contributed by atoms with van der Waals surface area (Å²) in [5.74, 6) is 0.459. The summed E-state index contributed by atoms with van der Waals surface area (Å²) in [5, 5.41) is 3.28. The Morgan fingerprint density at radius 2 is 2.05 bits per heavy atom. The molecule has 0 radical (unpaired) electrons. The number of carbonyl (C=O) groups excluding carboxylic acids is 1. The van der Waals surface area contributed by atoms with Gasteiger partial charge < -0.3 is 10.2 Å². The van der Waals surface area contributed by atoms with Gasteiger partial charge in [0.05, 0.1) is 5.41 Å². The molecular formula is C18H25FN2O. The molecule has 3 nitrogen and oxygen atoms in total.